The average molecular weight is 333 g/mol. The standard InChI is InChI=1S/C16H10Cl2N2O2/c17-9-2-1-3-11(6-9)20-16(22)13-8-19-14-7-10(18)4-5-12(14)15(13)21/h1-8H,(H,19,21)(H,20,22). The maximum Gasteiger partial charge on any atom is 0.261 e. The zero-order valence-electron chi connectivity index (χ0n) is 11.2. The molecule has 0 saturated heterocycles. The number of hydrogen-bond acceptors (Lipinski definition) is 2. The van der Waals surface area contributed by atoms with Gasteiger partial charge >= 0.3 is 0 Å². The van der Waals surface area contributed by atoms with Gasteiger partial charge in [-0.3, -0.25) is 9.59 Å². The van der Waals surface area contributed by atoms with E-state index >= 15 is 0 Å². The van der Waals surface area contributed by atoms with Crippen LogP contribution >= 0.6 is 23.2 Å². The Balaban J connectivity index is 1.99. The Morgan fingerprint density at radius 3 is 2.59 bits per heavy atom. The zero-order valence-corrected chi connectivity index (χ0v) is 12.7. The van der Waals surface area contributed by atoms with Crippen molar-refractivity contribution < 1.29 is 4.79 Å². The average Bonchev–Trinajstić information content (AvgIpc) is 2.47. The first-order valence-corrected chi connectivity index (χ1v) is 7.18. The number of rotatable bonds is 2. The maximum atomic E-state index is 12.4. The fraction of sp³-hybridized carbons (Fsp3) is 0. The molecule has 0 spiro atoms. The summed E-state index contributed by atoms with van der Waals surface area (Å²) in [6, 6.07) is 11.5. The second-order valence-electron chi connectivity index (χ2n) is 4.69. The van der Waals surface area contributed by atoms with E-state index in [4.69, 9.17) is 23.2 Å². The van der Waals surface area contributed by atoms with Gasteiger partial charge in [-0.1, -0.05) is 29.3 Å². The number of aromatic amines is 1. The molecule has 0 radical (unpaired) electrons. The van der Waals surface area contributed by atoms with Crippen molar-refractivity contribution in [1.82, 2.24) is 4.98 Å². The summed E-state index contributed by atoms with van der Waals surface area (Å²) in [5, 5.41) is 4.07. The van der Waals surface area contributed by atoms with Gasteiger partial charge in [-0.25, -0.2) is 0 Å². The fourth-order valence-electron chi connectivity index (χ4n) is 2.13. The second kappa shape index (κ2) is 5.83. The number of nitrogens with one attached hydrogen (secondary N) is 2. The molecule has 0 aliphatic heterocycles. The van der Waals surface area contributed by atoms with Gasteiger partial charge in [-0.2, -0.15) is 0 Å². The van der Waals surface area contributed by atoms with Crippen molar-refractivity contribution in [3.63, 3.8) is 0 Å². The number of benzene rings is 2. The molecule has 1 heterocycles. The lowest BCUT2D eigenvalue weighted by atomic mass is 10.1. The molecule has 0 atom stereocenters. The van der Waals surface area contributed by atoms with Gasteiger partial charge in [0.15, 0.2) is 0 Å². The minimum atomic E-state index is -0.500. The van der Waals surface area contributed by atoms with E-state index in [0.29, 0.717) is 26.6 Å². The van der Waals surface area contributed by atoms with E-state index in [0.717, 1.165) is 0 Å². The molecule has 0 unspecified atom stereocenters. The van der Waals surface area contributed by atoms with Crippen LogP contribution in [0.4, 0.5) is 5.69 Å². The summed E-state index contributed by atoms with van der Waals surface area (Å²) in [6.07, 6.45) is 1.38. The van der Waals surface area contributed by atoms with Crippen molar-refractivity contribution in [2.75, 3.05) is 5.32 Å². The van der Waals surface area contributed by atoms with Crippen LogP contribution in [-0.4, -0.2) is 10.9 Å². The molecule has 3 aromatic rings. The van der Waals surface area contributed by atoms with Crippen LogP contribution in [0, 0.1) is 0 Å². The number of amides is 1. The van der Waals surface area contributed by atoms with Crippen LogP contribution in [0.3, 0.4) is 0 Å². The molecule has 110 valence electrons. The van der Waals surface area contributed by atoms with E-state index in [1.807, 2.05) is 0 Å². The third-order valence-corrected chi connectivity index (χ3v) is 3.64. The Hall–Kier alpha value is -2.30. The summed E-state index contributed by atoms with van der Waals surface area (Å²) in [6.45, 7) is 0. The van der Waals surface area contributed by atoms with E-state index in [1.165, 1.54) is 6.20 Å². The minimum Gasteiger partial charge on any atom is -0.360 e. The Morgan fingerprint density at radius 2 is 1.82 bits per heavy atom. The van der Waals surface area contributed by atoms with Crippen LogP contribution < -0.4 is 10.7 Å². The van der Waals surface area contributed by atoms with Gasteiger partial charge in [0.2, 0.25) is 5.43 Å². The van der Waals surface area contributed by atoms with E-state index in [2.05, 4.69) is 10.3 Å². The Bertz CT molecular complexity index is 935. The lowest BCUT2D eigenvalue weighted by Crippen LogP contribution is -2.21. The highest BCUT2D eigenvalue weighted by Gasteiger charge is 2.13. The summed E-state index contributed by atoms with van der Waals surface area (Å²) in [5.74, 6) is -0.500. The first kappa shape index (κ1) is 14.6. The molecule has 6 heteroatoms. The number of H-pyrrole nitrogens is 1. The molecule has 2 N–H and O–H groups in total. The number of hydrogen-bond donors (Lipinski definition) is 2. The van der Waals surface area contributed by atoms with Gasteiger partial charge in [0.1, 0.15) is 5.56 Å². The van der Waals surface area contributed by atoms with Crippen LogP contribution in [0.15, 0.2) is 53.5 Å². The molecule has 1 amide bonds. The maximum absolute atomic E-state index is 12.4. The first-order valence-electron chi connectivity index (χ1n) is 6.42. The number of halogens is 2. The van der Waals surface area contributed by atoms with Gasteiger partial charge in [0.05, 0.1) is 5.52 Å². The lowest BCUT2D eigenvalue weighted by molar-refractivity contribution is 0.102. The van der Waals surface area contributed by atoms with Crippen molar-refractivity contribution >= 4 is 45.7 Å². The Morgan fingerprint density at radius 1 is 1.05 bits per heavy atom. The molecule has 0 bridgehead atoms. The summed E-state index contributed by atoms with van der Waals surface area (Å²) in [4.78, 5) is 27.6. The topological polar surface area (TPSA) is 62.0 Å². The molecule has 4 nitrogen and oxygen atoms in total. The number of carbonyl (C=O) groups excluding carboxylic acids is 1. The first-order chi connectivity index (χ1) is 10.5. The minimum absolute atomic E-state index is 0.0230. The third kappa shape index (κ3) is 2.84. The smallest absolute Gasteiger partial charge is 0.261 e. The van der Waals surface area contributed by atoms with Gasteiger partial charge in [0, 0.05) is 27.3 Å². The number of fused-ring (bicyclic) bond motifs is 1. The lowest BCUT2D eigenvalue weighted by Gasteiger charge is -2.06. The summed E-state index contributed by atoms with van der Waals surface area (Å²) < 4.78 is 0. The van der Waals surface area contributed by atoms with Gasteiger partial charge in [-0.05, 0) is 36.4 Å². The Kier molecular flexibility index (Phi) is 3.88. The summed E-state index contributed by atoms with van der Waals surface area (Å²) >= 11 is 11.7. The molecule has 0 aliphatic carbocycles. The van der Waals surface area contributed by atoms with Crippen molar-refractivity contribution in [2.45, 2.75) is 0 Å². The zero-order chi connectivity index (χ0) is 15.7. The predicted octanol–water partition coefficient (Wildman–Crippen LogP) is 4.09. The van der Waals surface area contributed by atoms with E-state index < -0.39 is 5.91 Å². The molecule has 1 aromatic heterocycles. The highest BCUT2D eigenvalue weighted by molar-refractivity contribution is 6.31. The van der Waals surface area contributed by atoms with Crippen molar-refractivity contribution in [1.29, 1.82) is 0 Å². The highest BCUT2D eigenvalue weighted by Crippen LogP contribution is 2.17. The fourth-order valence-corrected chi connectivity index (χ4v) is 2.49. The quantitative estimate of drug-likeness (QED) is 0.742. The van der Waals surface area contributed by atoms with Gasteiger partial charge in [0.25, 0.3) is 5.91 Å². The predicted molar refractivity (Wildman–Crippen MR) is 89.0 cm³/mol. The van der Waals surface area contributed by atoms with Crippen molar-refractivity contribution in [3.05, 3.63) is 74.5 Å². The highest BCUT2D eigenvalue weighted by atomic mass is 35.5. The van der Waals surface area contributed by atoms with Crippen LogP contribution in [0.1, 0.15) is 10.4 Å². The van der Waals surface area contributed by atoms with Crippen LogP contribution in [0.2, 0.25) is 10.0 Å². The summed E-state index contributed by atoms with van der Waals surface area (Å²) in [5.41, 5.74) is 0.768. The van der Waals surface area contributed by atoms with E-state index in [-0.39, 0.29) is 11.0 Å². The molecule has 22 heavy (non-hydrogen) atoms. The molecule has 2 aromatic carbocycles. The Labute approximate surface area is 135 Å². The van der Waals surface area contributed by atoms with Crippen LogP contribution in [0.25, 0.3) is 10.9 Å². The number of anilines is 1. The molecule has 0 saturated carbocycles. The number of aromatic nitrogens is 1. The van der Waals surface area contributed by atoms with Crippen LogP contribution in [-0.2, 0) is 0 Å². The van der Waals surface area contributed by atoms with Gasteiger partial charge < -0.3 is 10.3 Å². The van der Waals surface area contributed by atoms with E-state index in [1.54, 1.807) is 42.5 Å². The third-order valence-electron chi connectivity index (χ3n) is 3.17. The van der Waals surface area contributed by atoms with Crippen molar-refractivity contribution in [2.24, 2.45) is 0 Å². The number of pyridine rings is 1. The molecular formula is C16H10Cl2N2O2. The van der Waals surface area contributed by atoms with Gasteiger partial charge in [-0.15, -0.1) is 0 Å². The largest absolute Gasteiger partial charge is 0.360 e. The molecular weight excluding hydrogens is 323 g/mol. The SMILES string of the molecule is O=C(Nc1cccc(Cl)c1)c1c[nH]c2cc(Cl)ccc2c1=O. The summed E-state index contributed by atoms with van der Waals surface area (Å²) in [7, 11) is 0. The normalized spacial score (nSPS) is 10.6. The van der Waals surface area contributed by atoms with E-state index in [9.17, 15) is 9.59 Å². The molecule has 0 aliphatic rings. The molecule has 0 fully saturated rings. The second-order valence-corrected chi connectivity index (χ2v) is 5.56. The molecule has 3 rings (SSSR count). The van der Waals surface area contributed by atoms with Crippen molar-refractivity contribution in [3.8, 4) is 0 Å². The van der Waals surface area contributed by atoms with Crippen LogP contribution in [0.5, 0.6) is 0 Å². The monoisotopic (exact) mass is 332 g/mol. The number of carbonyl (C=O) groups is 1.